The standard InChI is InChI=1S/C33H33ClFN9O3/c1-18(2)32(46)42-13-11-23(12-14-42)44-30-27(29(37)38-17-39-30)28(41-44)19-3-7-21(8-4-19)40-31(45)24-15-25(34)26(16-36)43(33(24)47)22-9-5-20(35)6-10-22/h3-10,15,17-18,23H,11-14,16,36H2,1-2H3,(H,40,45)(H2,37,38,39). The van der Waals surface area contributed by atoms with Crippen LogP contribution in [0.15, 0.2) is 65.7 Å². The van der Waals surface area contributed by atoms with Gasteiger partial charge in [-0.05, 0) is 55.3 Å². The average molecular weight is 658 g/mol. The van der Waals surface area contributed by atoms with Gasteiger partial charge in [-0.25, -0.2) is 19.0 Å². The number of carbonyl (C=O) groups is 2. The van der Waals surface area contributed by atoms with Crippen LogP contribution in [0.5, 0.6) is 0 Å². The van der Waals surface area contributed by atoms with Gasteiger partial charge in [0.1, 0.15) is 29.2 Å². The zero-order valence-corrected chi connectivity index (χ0v) is 26.5. The minimum absolute atomic E-state index is 0.0202. The van der Waals surface area contributed by atoms with Gasteiger partial charge in [0.25, 0.3) is 11.5 Å². The van der Waals surface area contributed by atoms with Crippen molar-refractivity contribution in [1.82, 2.24) is 29.2 Å². The number of hydrogen-bond acceptors (Lipinski definition) is 8. The number of amides is 2. The van der Waals surface area contributed by atoms with Crippen molar-refractivity contribution < 1.29 is 14.0 Å². The summed E-state index contributed by atoms with van der Waals surface area (Å²) in [5.41, 5.74) is 14.2. The van der Waals surface area contributed by atoms with Crippen LogP contribution < -0.4 is 22.3 Å². The number of fused-ring (bicyclic) bond motifs is 1. The molecule has 3 aromatic heterocycles. The molecule has 1 saturated heterocycles. The summed E-state index contributed by atoms with van der Waals surface area (Å²) in [4.78, 5) is 49.9. The molecule has 2 aromatic carbocycles. The zero-order chi connectivity index (χ0) is 33.4. The van der Waals surface area contributed by atoms with E-state index < -0.39 is 17.3 Å². The Kier molecular flexibility index (Phi) is 8.76. The van der Waals surface area contributed by atoms with Crippen molar-refractivity contribution in [3.05, 3.63) is 93.4 Å². The number of nitrogens with two attached hydrogens (primary N) is 2. The molecule has 1 fully saturated rings. The van der Waals surface area contributed by atoms with Crippen LogP contribution in [0.3, 0.4) is 0 Å². The minimum atomic E-state index is -0.682. The van der Waals surface area contributed by atoms with Gasteiger partial charge in [-0.1, -0.05) is 37.6 Å². The lowest BCUT2D eigenvalue weighted by atomic mass is 10.0. The van der Waals surface area contributed by atoms with Gasteiger partial charge in [0.05, 0.1) is 22.1 Å². The number of benzene rings is 2. The van der Waals surface area contributed by atoms with Crippen molar-refractivity contribution >= 4 is 46.0 Å². The van der Waals surface area contributed by atoms with Crippen LogP contribution >= 0.6 is 11.6 Å². The molecule has 47 heavy (non-hydrogen) atoms. The number of likely N-dealkylation sites (tertiary alicyclic amines) is 1. The Balaban J connectivity index is 1.27. The number of anilines is 2. The van der Waals surface area contributed by atoms with Crippen molar-refractivity contribution in [3.63, 3.8) is 0 Å². The molecular formula is C33H33ClFN9O3. The minimum Gasteiger partial charge on any atom is -0.383 e. The van der Waals surface area contributed by atoms with Crippen molar-refractivity contribution in [3.8, 4) is 16.9 Å². The summed E-state index contributed by atoms with van der Waals surface area (Å²) in [5.74, 6) is -0.786. The molecule has 1 aliphatic rings. The maximum Gasteiger partial charge on any atom is 0.268 e. The lowest BCUT2D eigenvalue weighted by Gasteiger charge is -2.33. The van der Waals surface area contributed by atoms with Crippen LogP contribution in [-0.2, 0) is 11.3 Å². The first-order chi connectivity index (χ1) is 22.6. The SMILES string of the molecule is CC(C)C(=O)N1CCC(n2nc(-c3ccc(NC(=O)c4cc(Cl)c(CN)n(-c5ccc(F)cc5)c4=O)cc3)c3c(N)ncnc32)CC1. The fourth-order valence-corrected chi connectivity index (χ4v) is 6.16. The largest absolute Gasteiger partial charge is 0.383 e. The van der Waals surface area contributed by atoms with E-state index in [1.54, 1.807) is 24.3 Å². The number of rotatable bonds is 7. The molecule has 0 aliphatic carbocycles. The first-order valence-electron chi connectivity index (χ1n) is 15.2. The van der Waals surface area contributed by atoms with Gasteiger partial charge in [0.15, 0.2) is 5.65 Å². The molecule has 5 N–H and O–H groups in total. The Morgan fingerprint density at radius 2 is 1.74 bits per heavy atom. The predicted molar refractivity (Wildman–Crippen MR) is 178 cm³/mol. The molecule has 6 rings (SSSR count). The van der Waals surface area contributed by atoms with Crippen LogP contribution in [0.25, 0.3) is 28.0 Å². The summed E-state index contributed by atoms with van der Waals surface area (Å²) in [7, 11) is 0. The number of hydrogen-bond donors (Lipinski definition) is 3. The van der Waals surface area contributed by atoms with E-state index in [0.717, 1.165) is 18.4 Å². The molecule has 0 bridgehead atoms. The Labute approximate surface area is 274 Å². The van der Waals surface area contributed by atoms with E-state index in [1.165, 1.54) is 41.2 Å². The summed E-state index contributed by atoms with van der Waals surface area (Å²) >= 11 is 6.43. The number of nitrogens with one attached hydrogen (secondary N) is 1. The van der Waals surface area contributed by atoms with E-state index in [-0.39, 0.29) is 46.5 Å². The second-order valence-electron chi connectivity index (χ2n) is 11.7. The van der Waals surface area contributed by atoms with Gasteiger partial charge < -0.3 is 21.7 Å². The Bertz CT molecular complexity index is 2030. The van der Waals surface area contributed by atoms with E-state index in [2.05, 4.69) is 15.3 Å². The van der Waals surface area contributed by atoms with Gasteiger partial charge in [-0.3, -0.25) is 19.0 Å². The highest BCUT2D eigenvalue weighted by Crippen LogP contribution is 2.35. The number of pyridine rings is 1. The molecule has 0 saturated carbocycles. The van der Waals surface area contributed by atoms with Crippen molar-refractivity contribution in [2.24, 2.45) is 11.7 Å². The molecule has 2 amide bonds. The summed E-state index contributed by atoms with van der Waals surface area (Å²) in [6, 6.07) is 13.4. The lowest BCUT2D eigenvalue weighted by molar-refractivity contribution is -0.135. The Hall–Kier alpha value is -5.14. The van der Waals surface area contributed by atoms with Gasteiger partial charge in [0, 0.05) is 42.5 Å². The third kappa shape index (κ3) is 6.07. The molecular weight excluding hydrogens is 625 g/mol. The monoisotopic (exact) mass is 657 g/mol. The summed E-state index contributed by atoms with van der Waals surface area (Å²) in [6.07, 6.45) is 2.86. The molecule has 1 aliphatic heterocycles. The van der Waals surface area contributed by atoms with Crippen LogP contribution in [0.1, 0.15) is 48.8 Å². The smallest absolute Gasteiger partial charge is 0.268 e. The van der Waals surface area contributed by atoms with E-state index in [4.69, 9.17) is 28.2 Å². The van der Waals surface area contributed by atoms with Crippen LogP contribution in [-0.4, -0.2) is 54.1 Å². The highest BCUT2D eigenvalue weighted by Gasteiger charge is 2.29. The normalized spacial score (nSPS) is 13.8. The second-order valence-corrected chi connectivity index (χ2v) is 12.1. The number of nitrogens with zero attached hydrogens (tertiary/aromatic N) is 6. The maximum atomic E-state index is 13.6. The summed E-state index contributed by atoms with van der Waals surface area (Å²) in [6.45, 7) is 4.98. The summed E-state index contributed by atoms with van der Waals surface area (Å²) < 4.78 is 16.6. The topological polar surface area (TPSA) is 167 Å². The van der Waals surface area contributed by atoms with Gasteiger partial charge in [0.2, 0.25) is 5.91 Å². The molecule has 4 heterocycles. The van der Waals surface area contributed by atoms with Gasteiger partial charge in [-0.15, -0.1) is 0 Å². The number of halogens is 2. The van der Waals surface area contributed by atoms with Crippen LogP contribution in [0.4, 0.5) is 15.9 Å². The lowest BCUT2D eigenvalue weighted by Crippen LogP contribution is -2.41. The second kappa shape index (κ2) is 12.9. The first-order valence-corrected chi connectivity index (χ1v) is 15.5. The van der Waals surface area contributed by atoms with E-state index in [1.807, 2.05) is 23.4 Å². The van der Waals surface area contributed by atoms with E-state index in [0.29, 0.717) is 41.2 Å². The molecule has 0 spiro atoms. The van der Waals surface area contributed by atoms with Crippen molar-refractivity contribution in [1.29, 1.82) is 0 Å². The van der Waals surface area contributed by atoms with Crippen LogP contribution in [0, 0.1) is 11.7 Å². The number of nitrogen functional groups attached to an aromatic ring is 1. The number of aromatic nitrogens is 5. The molecule has 14 heteroatoms. The molecule has 0 unspecified atom stereocenters. The third-order valence-electron chi connectivity index (χ3n) is 8.32. The van der Waals surface area contributed by atoms with E-state index in [9.17, 15) is 18.8 Å². The van der Waals surface area contributed by atoms with Crippen molar-refractivity contribution in [2.45, 2.75) is 39.3 Å². The third-order valence-corrected chi connectivity index (χ3v) is 8.65. The molecule has 5 aromatic rings. The predicted octanol–water partition coefficient (Wildman–Crippen LogP) is 4.55. The molecule has 0 atom stereocenters. The average Bonchev–Trinajstić information content (AvgIpc) is 3.47. The highest BCUT2D eigenvalue weighted by molar-refractivity contribution is 6.31. The maximum absolute atomic E-state index is 13.6. The Morgan fingerprint density at radius 3 is 2.38 bits per heavy atom. The Morgan fingerprint density at radius 1 is 1.06 bits per heavy atom. The van der Waals surface area contributed by atoms with Crippen LogP contribution in [0.2, 0.25) is 5.02 Å². The number of carbonyl (C=O) groups excluding carboxylic acids is 2. The van der Waals surface area contributed by atoms with Gasteiger partial charge >= 0.3 is 0 Å². The quantitative estimate of drug-likeness (QED) is 0.229. The molecule has 12 nitrogen and oxygen atoms in total. The summed E-state index contributed by atoms with van der Waals surface area (Å²) in [5, 5.41) is 8.40. The number of piperidine rings is 1. The molecule has 0 radical (unpaired) electrons. The fraction of sp³-hybridized carbons (Fsp3) is 0.273. The fourth-order valence-electron chi connectivity index (χ4n) is 5.89. The zero-order valence-electron chi connectivity index (χ0n) is 25.8. The highest BCUT2D eigenvalue weighted by atomic mass is 35.5. The van der Waals surface area contributed by atoms with Gasteiger partial charge in [-0.2, -0.15) is 5.10 Å². The molecule has 242 valence electrons. The first kappa shape index (κ1) is 31.8. The van der Waals surface area contributed by atoms with E-state index >= 15 is 0 Å². The van der Waals surface area contributed by atoms with Crippen molar-refractivity contribution in [2.75, 3.05) is 24.1 Å².